The van der Waals surface area contributed by atoms with E-state index >= 15 is 0 Å². The van der Waals surface area contributed by atoms with Gasteiger partial charge in [0.2, 0.25) is 0 Å². The van der Waals surface area contributed by atoms with Gasteiger partial charge in [0.05, 0.1) is 11.8 Å². The maximum absolute atomic E-state index is 11.2. The van der Waals surface area contributed by atoms with Crippen LogP contribution in [0.4, 0.5) is 0 Å². The molecule has 0 aromatic carbocycles. The maximum atomic E-state index is 11.2. The fourth-order valence-electron chi connectivity index (χ4n) is 3.05. The standard InChI is InChI=1S/C13H18N2O3/c1-7-8(5-6-18-7)12-14-10-4-2-3-9(13(16)17)11(10)15-12/h7-9H,2-6H2,1H3,(H,14,15)(H,16,17). The summed E-state index contributed by atoms with van der Waals surface area (Å²) in [6.07, 6.45) is 3.66. The third kappa shape index (κ3) is 1.82. The summed E-state index contributed by atoms with van der Waals surface area (Å²) in [5.41, 5.74) is 1.77. The lowest BCUT2D eigenvalue weighted by Gasteiger charge is -2.16. The zero-order chi connectivity index (χ0) is 12.7. The molecule has 0 bridgehead atoms. The Morgan fingerprint density at radius 3 is 3.00 bits per heavy atom. The van der Waals surface area contributed by atoms with Crippen molar-refractivity contribution in [2.45, 2.75) is 50.5 Å². The quantitative estimate of drug-likeness (QED) is 0.839. The number of ether oxygens (including phenoxy) is 1. The smallest absolute Gasteiger partial charge is 0.312 e. The van der Waals surface area contributed by atoms with E-state index in [0.717, 1.165) is 43.1 Å². The molecule has 0 saturated carbocycles. The Kier molecular flexibility index (Phi) is 2.86. The number of fused-ring (bicyclic) bond motifs is 1. The number of imidazole rings is 1. The molecule has 1 aromatic heterocycles. The van der Waals surface area contributed by atoms with Crippen molar-refractivity contribution in [2.75, 3.05) is 6.61 Å². The van der Waals surface area contributed by atoms with Crippen molar-refractivity contribution < 1.29 is 14.6 Å². The Morgan fingerprint density at radius 1 is 1.50 bits per heavy atom. The monoisotopic (exact) mass is 250 g/mol. The Labute approximate surface area is 106 Å². The Bertz CT molecular complexity index is 469. The number of carboxylic acids is 1. The van der Waals surface area contributed by atoms with Gasteiger partial charge in [-0.15, -0.1) is 0 Å². The van der Waals surface area contributed by atoms with E-state index in [2.05, 4.69) is 9.97 Å². The predicted octanol–water partition coefficient (Wildman–Crippen LogP) is 1.81. The molecule has 5 heteroatoms. The summed E-state index contributed by atoms with van der Waals surface area (Å²) in [7, 11) is 0. The molecule has 0 spiro atoms. The van der Waals surface area contributed by atoms with Crippen LogP contribution in [-0.2, 0) is 16.0 Å². The van der Waals surface area contributed by atoms with E-state index in [9.17, 15) is 9.90 Å². The highest BCUT2D eigenvalue weighted by molar-refractivity contribution is 5.76. The zero-order valence-electron chi connectivity index (χ0n) is 10.5. The topological polar surface area (TPSA) is 75.2 Å². The molecule has 3 atom stereocenters. The van der Waals surface area contributed by atoms with Crippen molar-refractivity contribution in [2.24, 2.45) is 0 Å². The lowest BCUT2D eigenvalue weighted by Crippen LogP contribution is -2.18. The molecule has 1 aromatic rings. The van der Waals surface area contributed by atoms with Gasteiger partial charge in [-0.2, -0.15) is 0 Å². The van der Waals surface area contributed by atoms with Gasteiger partial charge in [-0.25, -0.2) is 4.98 Å². The van der Waals surface area contributed by atoms with Gasteiger partial charge in [-0.3, -0.25) is 4.79 Å². The van der Waals surface area contributed by atoms with Crippen molar-refractivity contribution in [3.05, 3.63) is 17.2 Å². The molecule has 18 heavy (non-hydrogen) atoms. The van der Waals surface area contributed by atoms with Gasteiger partial charge in [0, 0.05) is 18.2 Å². The number of carboxylic acid groups (broad SMARTS) is 1. The highest BCUT2D eigenvalue weighted by Gasteiger charge is 2.34. The normalized spacial score (nSPS) is 31.3. The second-order valence-electron chi connectivity index (χ2n) is 5.24. The number of aryl methyl sites for hydroxylation is 1. The van der Waals surface area contributed by atoms with Crippen LogP contribution in [0.2, 0.25) is 0 Å². The van der Waals surface area contributed by atoms with Gasteiger partial charge < -0.3 is 14.8 Å². The molecule has 3 unspecified atom stereocenters. The molecular weight excluding hydrogens is 232 g/mol. The Balaban J connectivity index is 1.93. The number of hydrogen-bond acceptors (Lipinski definition) is 3. The van der Waals surface area contributed by atoms with E-state index in [-0.39, 0.29) is 12.0 Å². The first-order valence-corrected chi connectivity index (χ1v) is 6.60. The zero-order valence-corrected chi connectivity index (χ0v) is 10.5. The van der Waals surface area contributed by atoms with Crippen molar-refractivity contribution in [3.8, 4) is 0 Å². The first-order valence-electron chi connectivity index (χ1n) is 6.60. The number of carbonyl (C=O) groups is 1. The van der Waals surface area contributed by atoms with Crippen molar-refractivity contribution in [1.82, 2.24) is 9.97 Å². The molecule has 5 nitrogen and oxygen atoms in total. The van der Waals surface area contributed by atoms with Crippen molar-refractivity contribution >= 4 is 5.97 Å². The molecular formula is C13H18N2O3. The second-order valence-corrected chi connectivity index (χ2v) is 5.24. The van der Waals surface area contributed by atoms with Crippen LogP contribution in [0.15, 0.2) is 0 Å². The van der Waals surface area contributed by atoms with Crippen LogP contribution in [0.5, 0.6) is 0 Å². The number of hydrogen-bond donors (Lipinski definition) is 2. The molecule has 2 aliphatic rings. The second kappa shape index (κ2) is 4.39. The van der Waals surface area contributed by atoms with Gasteiger partial charge in [0.25, 0.3) is 0 Å². The number of nitrogens with one attached hydrogen (secondary N) is 1. The molecule has 0 radical (unpaired) electrons. The van der Waals surface area contributed by atoms with Gasteiger partial charge in [0.1, 0.15) is 11.7 Å². The number of aromatic nitrogens is 2. The van der Waals surface area contributed by atoms with E-state index in [1.807, 2.05) is 6.92 Å². The Morgan fingerprint density at radius 2 is 2.33 bits per heavy atom. The molecule has 1 saturated heterocycles. The molecule has 0 amide bonds. The minimum absolute atomic E-state index is 0.167. The number of nitrogens with zero attached hydrogens (tertiary/aromatic N) is 1. The average Bonchev–Trinajstić information content (AvgIpc) is 2.92. The number of aliphatic carboxylic acids is 1. The van der Waals surface area contributed by atoms with Crippen LogP contribution in [0.25, 0.3) is 0 Å². The summed E-state index contributed by atoms with van der Waals surface area (Å²) in [5.74, 6) is 0.00397. The van der Waals surface area contributed by atoms with Crippen molar-refractivity contribution in [1.29, 1.82) is 0 Å². The fourth-order valence-corrected chi connectivity index (χ4v) is 3.05. The van der Waals surface area contributed by atoms with E-state index in [1.54, 1.807) is 0 Å². The summed E-state index contributed by atoms with van der Waals surface area (Å²) in [4.78, 5) is 19.1. The fraction of sp³-hybridized carbons (Fsp3) is 0.692. The number of aromatic amines is 1. The molecule has 1 fully saturated rings. The lowest BCUT2D eigenvalue weighted by molar-refractivity contribution is -0.139. The van der Waals surface area contributed by atoms with Gasteiger partial charge in [-0.05, 0) is 32.6 Å². The van der Waals surface area contributed by atoms with E-state index in [4.69, 9.17) is 4.74 Å². The summed E-state index contributed by atoms with van der Waals surface area (Å²) in [6.45, 7) is 2.81. The number of H-pyrrole nitrogens is 1. The van der Waals surface area contributed by atoms with E-state index in [1.165, 1.54) is 0 Å². The van der Waals surface area contributed by atoms with Crippen LogP contribution < -0.4 is 0 Å². The molecule has 1 aliphatic carbocycles. The third-order valence-electron chi connectivity index (χ3n) is 4.10. The van der Waals surface area contributed by atoms with Crippen LogP contribution in [-0.4, -0.2) is 33.8 Å². The molecule has 3 rings (SSSR count). The highest BCUT2D eigenvalue weighted by atomic mass is 16.5. The predicted molar refractivity (Wildman–Crippen MR) is 64.7 cm³/mol. The first-order chi connectivity index (χ1) is 8.66. The minimum atomic E-state index is -0.760. The SMILES string of the molecule is CC1OCCC1c1nc2c([nH]1)CCCC2C(=O)O. The van der Waals surface area contributed by atoms with Gasteiger partial charge in [-0.1, -0.05) is 0 Å². The summed E-state index contributed by atoms with van der Waals surface area (Å²) < 4.78 is 5.55. The molecule has 1 aliphatic heterocycles. The van der Waals surface area contributed by atoms with Crippen LogP contribution in [0.1, 0.15) is 55.2 Å². The van der Waals surface area contributed by atoms with Gasteiger partial charge >= 0.3 is 5.97 Å². The van der Waals surface area contributed by atoms with E-state index < -0.39 is 11.9 Å². The van der Waals surface area contributed by atoms with Crippen molar-refractivity contribution in [3.63, 3.8) is 0 Å². The molecule has 2 heterocycles. The summed E-state index contributed by atoms with van der Waals surface area (Å²) in [5, 5.41) is 9.23. The minimum Gasteiger partial charge on any atom is -0.481 e. The lowest BCUT2D eigenvalue weighted by atomic mass is 9.90. The Hall–Kier alpha value is -1.36. The van der Waals surface area contributed by atoms with Gasteiger partial charge in [0.15, 0.2) is 0 Å². The first kappa shape index (κ1) is 11.7. The average molecular weight is 250 g/mol. The van der Waals surface area contributed by atoms with Crippen LogP contribution in [0.3, 0.4) is 0 Å². The van der Waals surface area contributed by atoms with E-state index in [0.29, 0.717) is 6.42 Å². The molecule has 2 N–H and O–H groups in total. The van der Waals surface area contributed by atoms with Crippen LogP contribution >= 0.6 is 0 Å². The van der Waals surface area contributed by atoms with Crippen LogP contribution in [0, 0.1) is 0 Å². The maximum Gasteiger partial charge on any atom is 0.312 e. The summed E-state index contributed by atoms with van der Waals surface area (Å²) in [6, 6.07) is 0. The third-order valence-corrected chi connectivity index (χ3v) is 4.10. The number of rotatable bonds is 2. The highest BCUT2D eigenvalue weighted by Crippen LogP contribution is 2.35. The molecule has 98 valence electrons. The summed E-state index contributed by atoms with van der Waals surface area (Å²) >= 11 is 0. The largest absolute Gasteiger partial charge is 0.481 e.